The van der Waals surface area contributed by atoms with Gasteiger partial charge in [0.05, 0.1) is 11.4 Å². The number of amides is 1. The second kappa shape index (κ2) is 8.64. The first-order valence-corrected chi connectivity index (χ1v) is 11.4. The van der Waals surface area contributed by atoms with Crippen molar-refractivity contribution in [2.24, 2.45) is 5.92 Å². The van der Waals surface area contributed by atoms with Crippen molar-refractivity contribution in [2.75, 3.05) is 12.3 Å². The molecule has 1 aliphatic carbocycles. The van der Waals surface area contributed by atoms with Crippen LogP contribution >= 0.6 is 11.8 Å². The first-order valence-electron chi connectivity index (χ1n) is 10.4. The number of piperidine rings is 1. The van der Waals surface area contributed by atoms with Crippen LogP contribution in [0.2, 0.25) is 0 Å². The van der Waals surface area contributed by atoms with Gasteiger partial charge >= 0.3 is 0 Å². The molecule has 2 heterocycles. The van der Waals surface area contributed by atoms with Gasteiger partial charge in [-0.05, 0) is 65.6 Å². The highest BCUT2D eigenvalue weighted by molar-refractivity contribution is 7.99. The van der Waals surface area contributed by atoms with Crippen LogP contribution in [0.1, 0.15) is 63.9 Å². The molecule has 1 amide bonds. The summed E-state index contributed by atoms with van der Waals surface area (Å²) < 4.78 is 1.72. The molecule has 1 aromatic carbocycles. The Hall–Kier alpha value is -1.89. The highest BCUT2D eigenvalue weighted by Crippen LogP contribution is 2.35. The van der Waals surface area contributed by atoms with Crippen molar-refractivity contribution in [3.63, 3.8) is 0 Å². The lowest BCUT2D eigenvalue weighted by Crippen LogP contribution is -2.50. The zero-order valence-corrected chi connectivity index (χ0v) is 17.6. The van der Waals surface area contributed by atoms with Crippen molar-refractivity contribution in [1.29, 1.82) is 0 Å². The molecular weight excluding hydrogens is 370 g/mol. The van der Waals surface area contributed by atoms with Gasteiger partial charge in [0.2, 0.25) is 11.1 Å². The van der Waals surface area contributed by atoms with Crippen molar-refractivity contribution >= 4 is 17.7 Å². The number of carbonyl (C=O) groups is 1. The Kier molecular flexibility index (Phi) is 5.99. The molecule has 2 unspecified atom stereocenters. The van der Waals surface area contributed by atoms with E-state index in [0.717, 1.165) is 18.7 Å². The summed E-state index contributed by atoms with van der Waals surface area (Å²) >= 11 is 1.44. The summed E-state index contributed by atoms with van der Waals surface area (Å²) in [5, 5.41) is 12.8. The van der Waals surface area contributed by atoms with Gasteiger partial charge in [-0.25, -0.2) is 0 Å². The number of thioether (sulfide) groups is 1. The van der Waals surface area contributed by atoms with E-state index in [9.17, 15) is 4.79 Å². The Bertz CT molecular complexity index is 801. The van der Waals surface area contributed by atoms with Crippen LogP contribution in [-0.2, 0) is 4.79 Å². The summed E-state index contributed by atoms with van der Waals surface area (Å²) in [6.07, 6.45) is 7.45. The monoisotopic (exact) mass is 399 g/mol. The van der Waals surface area contributed by atoms with Crippen molar-refractivity contribution in [1.82, 2.24) is 25.1 Å². The van der Waals surface area contributed by atoms with Crippen LogP contribution < -0.4 is 0 Å². The average molecular weight is 400 g/mol. The third-order valence-corrected chi connectivity index (χ3v) is 7.04. The van der Waals surface area contributed by atoms with E-state index in [2.05, 4.69) is 46.4 Å². The van der Waals surface area contributed by atoms with Crippen LogP contribution in [0, 0.1) is 5.92 Å². The van der Waals surface area contributed by atoms with E-state index in [1.54, 1.807) is 4.68 Å². The molecule has 2 aromatic rings. The van der Waals surface area contributed by atoms with E-state index in [4.69, 9.17) is 0 Å². The number of rotatable bonds is 5. The first-order chi connectivity index (χ1) is 13.6. The van der Waals surface area contributed by atoms with Gasteiger partial charge in [0.25, 0.3) is 0 Å². The maximum absolute atomic E-state index is 12.9. The largest absolute Gasteiger partial charge is 0.339 e. The van der Waals surface area contributed by atoms with Crippen LogP contribution in [0.25, 0.3) is 5.69 Å². The number of carbonyl (C=O) groups excluding carboxylic acids is 1. The van der Waals surface area contributed by atoms with E-state index in [-0.39, 0.29) is 5.91 Å². The Balaban J connectivity index is 1.41. The van der Waals surface area contributed by atoms with Crippen LogP contribution in [-0.4, -0.2) is 49.4 Å². The van der Waals surface area contributed by atoms with Gasteiger partial charge in [-0.2, -0.15) is 4.68 Å². The molecule has 2 atom stereocenters. The van der Waals surface area contributed by atoms with Crippen molar-refractivity contribution < 1.29 is 4.79 Å². The molecule has 1 saturated heterocycles. The SMILES string of the molecule is CC(C)c1ccc(-n2nnnc2SCC(=O)N2CCCC3CCCCC32)cc1. The Morgan fingerprint density at radius 1 is 1.14 bits per heavy atom. The summed E-state index contributed by atoms with van der Waals surface area (Å²) in [6.45, 7) is 5.26. The third-order valence-electron chi connectivity index (χ3n) is 6.13. The predicted octanol–water partition coefficient (Wildman–Crippen LogP) is 4.06. The molecule has 28 heavy (non-hydrogen) atoms. The summed E-state index contributed by atoms with van der Waals surface area (Å²) in [5.74, 6) is 1.82. The van der Waals surface area contributed by atoms with Gasteiger partial charge < -0.3 is 4.90 Å². The minimum atomic E-state index is 0.228. The molecule has 7 heteroatoms. The number of likely N-dealkylation sites (tertiary alicyclic amines) is 1. The van der Waals surface area contributed by atoms with E-state index >= 15 is 0 Å². The molecular formula is C21H29N5OS. The number of aromatic nitrogens is 4. The predicted molar refractivity (Wildman–Crippen MR) is 111 cm³/mol. The molecule has 150 valence electrons. The fourth-order valence-corrected chi connectivity index (χ4v) is 5.35. The normalized spacial score (nSPS) is 22.3. The number of benzene rings is 1. The molecule has 2 aliphatic rings. The first kappa shape index (κ1) is 19.4. The molecule has 1 aromatic heterocycles. The summed E-state index contributed by atoms with van der Waals surface area (Å²) in [6, 6.07) is 8.75. The van der Waals surface area contributed by atoms with Crippen molar-refractivity contribution in [2.45, 2.75) is 69.5 Å². The lowest BCUT2D eigenvalue weighted by atomic mass is 9.78. The minimum Gasteiger partial charge on any atom is -0.339 e. The topological polar surface area (TPSA) is 63.9 Å². The zero-order chi connectivity index (χ0) is 19.5. The Morgan fingerprint density at radius 2 is 1.89 bits per heavy atom. The molecule has 6 nitrogen and oxygen atoms in total. The zero-order valence-electron chi connectivity index (χ0n) is 16.8. The lowest BCUT2D eigenvalue weighted by Gasteiger charge is -2.44. The number of fused-ring (bicyclic) bond motifs is 1. The van der Waals surface area contributed by atoms with Crippen LogP contribution in [0.3, 0.4) is 0 Å². The van der Waals surface area contributed by atoms with Crippen molar-refractivity contribution in [3.8, 4) is 5.69 Å². The smallest absolute Gasteiger partial charge is 0.233 e. The maximum Gasteiger partial charge on any atom is 0.233 e. The third kappa shape index (κ3) is 4.09. The van der Waals surface area contributed by atoms with Gasteiger partial charge in [0.1, 0.15) is 0 Å². The summed E-state index contributed by atoms with van der Waals surface area (Å²) in [5.41, 5.74) is 2.21. The van der Waals surface area contributed by atoms with Gasteiger partial charge in [0, 0.05) is 12.6 Å². The van der Waals surface area contributed by atoms with E-state index in [1.807, 2.05) is 12.1 Å². The maximum atomic E-state index is 12.9. The molecule has 1 saturated carbocycles. The van der Waals surface area contributed by atoms with E-state index in [1.165, 1.54) is 49.4 Å². The highest BCUT2D eigenvalue weighted by atomic mass is 32.2. The highest BCUT2D eigenvalue weighted by Gasteiger charge is 2.35. The van der Waals surface area contributed by atoms with Crippen LogP contribution in [0.4, 0.5) is 0 Å². The summed E-state index contributed by atoms with van der Waals surface area (Å²) in [7, 11) is 0. The molecule has 1 aliphatic heterocycles. The second-order valence-corrected chi connectivity index (χ2v) is 9.19. The standard InChI is InChI=1S/C21H29N5OS/c1-15(2)16-9-11-18(12-10-16)26-21(22-23-24-26)28-14-20(27)25-13-5-7-17-6-3-4-8-19(17)25/h9-12,15,17,19H,3-8,13-14H2,1-2H3. The van der Waals surface area contributed by atoms with Gasteiger partial charge in [0.15, 0.2) is 0 Å². The van der Waals surface area contributed by atoms with E-state index in [0.29, 0.717) is 28.8 Å². The van der Waals surface area contributed by atoms with Gasteiger partial charge in [-0.1, -0.05) is 50.6 Å². The molecule has 4 rings (SSSR count). The molecule has 0 spiro atoms. The molecule has 0 N–H and O–H groups in total. The van der Waals surface area contributed by atoms with Gasteiger partial charge in [-0.3, -0.25) is 4.79 Å². The number of hydrogen-bond acceptors (Lipinski definition) is 5. The molecule has 0 bridgehead atoms. The molecule has 0 radical (unpaired) electrons. The van der Waals surface area contributed by atoms with E-state index < -0.39 is 0 Å². The second-order valence-electron chi connectivity index (χ2n) is 8.25. The van der Waals surface area contributed by atoms with Gasteiger partial charge in [-0.15, -0.1) is 5.10 Å². The Labute approximate surface area is 171 Å². The van der Waals surface area contributed by atoms with Crippen LogP contribution in [0.15, 0.2) is 29.4 Å². The average Bonchev–Trinajstić information content (AvgIpc) is 3.20. The van der Waals surface area contributed by atoms with Crippen LogP contribution in [0.5, 0.6) is 0 Å². The fourth-order valence-electron chi connectivity index (χ4n) is 4.58. The quantitative estimate of drug-likeness (QED) is 0.710. The number of nitrogens with zero attached hydrogens (tertiary/aromatic N) is 5. The number of hydrogen-bond donors (Lipinski definition) is 0. The van der Waals surface area contributed by atoms with Crippen molar-refractivity contribution in [3.05, 3.63) is 29.8 Å². The number of tetrazole rings is 1. The minimum absolute atomic E-state index is 0.228. The summed E-state index contributed by atoms with van der Waals surface area (Å²) in [4.78, 5) is 15.1. The lowest BCUT2D eigenvalue weighted by molar-refractivity contribution is -0.134. The Morgan fingerprint density at radius 3 is 2.68 bits per heavy atom. The fraction of sp³-hybridized carbons (Fsp3) is 0.619. The molecule has 2 fully saturated rings.